The molecule has 0 aliphatic rings. The van der Waals surface area contributed by atoms with Crippen molar-refractivity contribution in [3.8, 4) is 0 Å². The molecule has 1 rings (SSSR count). The third kappa shape index (κ3) is 4.04. The first-order valence-corrected chi connectivity index (χ1v) is 6.59. The molecule has 94 valence electrons. The maximum absolute atomic E-state index is 11.8. The molecule has 0 amide bonds. The van der Waals surface area contributed by atoms with Crippen molar-refractivity contribution >= 4 is 27.6 Å². The summed E-state index contributed by atoms with van der Waals surface area (Å²) in [4.78, 5) is 11.8. The minimum Gasteiger partial charge on any atom is -0.462 e. The smallest absolute Gasteiger partial charge is 0.338 e. The predicted octanol–water partition coefficient (Wildman–Crippen LogP) is 3.62. The number of nitrogen functional groups attached to an aromatic ring is 1. The molecule has 0 spiro atoms. The molecule has 0 unspecified atom stereocenters. The van der Waals surface area contributed by atoms with Crippen molar-refractivity contribution in [3.63, 3.8) is 0 Å². The van der Waals surface area contributed by atoms with E-state index in [9.17, 15) is 4.79 Å². The van der Waals surface area contributed by atoms with Gasteiger partial charge in [-0.1, -0.05) is 26.7 Å². The van der Waals surface area contributed by atoms with Gasteiger partial charge < -0.3 is 10.5 Å². The van der Waals surface area contributed by atoms with Gasteiger partial charge >= 0.3 is 5.97 Å². The van der Waals surface area contributed by atoms with Crippen LogP contribution in [0.25, 0.3) is 0 Å². The van der Waals surface area contributed by atoms with Gasteiger partial charge in [0, 0.05) is 10.2 Å². The van der Waals surface area contributed by atoms with E-state index in [1.165, 1.54) is 0 Å². The maximum atomic E-state index is 11.8. The molecule has 0 bridgehead atoms. The molecule has 2 N–H and O–H groups in total. The zero-order valence-electron chi connectivity index (χ0n) is 10.2. The van der Waals surface area contributed by atoms with Gasteiger partial charge in [0.2, 0.25) is 0 Å². The average molecular weight is 300 g/mol. The molecule has 1 aromatic rings. The fourth-order valence-corrected chi connectivity index (χ4v) is 1.72. The number of esters is 1. The van der Waals surface area contributed by atoms with Crippen LogP contribution < -0.4 is 5.73 Å². The summed E-state index contributed by atoms with van der Waals surface area (Å²) in [5.41, 5.74) is 6.75. The Morgan fingerprint density at radius 3 is 2.59 bits per heavy atom. The number of rotatable bonds is 5. The molecule has 0 heterocycles. The number of ether oxygens (including phenoxy) is 1. The Bertz CT molecular complexity index is 389. The summed E-state index contributed by atoms with van der Waals surface area (Å²) >= 11 is 3.29. The van der Waals surface area contributed by atoms with E-state index in [4.69, 9.17) is 10.5 Å². The number of benzene rings is 1. The largest absolute Gasteiger partial charge is 0.462 e. The SMILES string of the molecule is CCC(CC)COC(=O)c1ccc(Br)c(N)c1. The maximum Gasteiger partial charge on any atom is 0.338 e. The minimum atomic E-state index is -0.309. The van der Waals surface area contributed by atoms with E-state index in [0.717, 1.165) is 17.3 Å². The first kappa shape index (κ1) is 14.0. The first-order valence-electron chi connectivity index (χ1n) is 5.80. The summed E-state index contributed by atoms with van der Waals surface area (Å²) in [6.45, 7) is 4.67. The Morgan fingerprint density at radius 2 is 2.06 bits per heavy atom. The van der Waals surface area contributed by atoms with Crippen LogP contribution in [-0.4, -0.2) is 12.6 Å². The highest BCUT2D eigenvalue weighted by atomic mass is 79.9. The van der Waals surface area contributed by atoms with Crippen LogP contribution in [-0.2, 0) is 4.74 Å². The van der Waals surface area contributed by atoms with Crippen molar-refractivity contribution in [2.75, 3.05) is 12.3 Å². The molecule has 3 nitrogen and oxygen atoms in total. The monoisotopic (exact) mass is 299 g/mol. The topological polar surface area (TPSA) is 52.3 Å². The van der Waals surface area contributed by atoms with E-state index in [2.05, 4.69) is 29.8 Å². The highest BCUT2D eigenvalue weighted by Crippen LogP contribution is 2.21. The highest BCUT2D eigenvalue weighted by Gasteiger charge is 2.11. The van der Waals surface area contributed by atoms with E-state index in [-0.39, 0.29) is 5.97 Å². The fraction of sp³-hybridized carbons (Fsp3) is 0.462. The van der Waals surface area contributed by atoms with E-state index in [1.54, 1.807) is 18.2 Å². The lowest BCUT2D eigenvalue weighted by Crippen LogP contribution is -2.13. The molecule has 0 aliphatic heterocycles. The quantitative estimate of drug-likeness (QED) is 0.667. The number of hydrogen-bond acceptors (Lipinski definition) is 3. The Hall–Kier alpha value is -1.03. The molecule has 17 heavy (non-hydrogen) atoms. The molecule has 4 heteroatoms. The van der Waals surface area contributed by atoms with E-state index < -0.39 is 0 Å². The van der Waals surface area contributed by atoms with Crippen molar-refractivity contribution in [1.29, 1.82) is 0 Å². The summed E-state index contributed by atoms with van der Waals surface area (Å²) in [7, 11) is 0. The van der Waals surface area contributed by atoms with Crippen molar-refractivity contribution in [3.05, 3.63) is 28.2 Å². The molecule has 0 radical (unpaired) electrons. The van der Waals surface area contributed by atoms with Gasteiger partial charge in [-0.05, 0) is 40.0 Å². The van der Waals surface area contributed by atoms with Crippen molar-refractivity contribution in [2.45, 2.75) is 26.7 Å². The van der Waals surface area contributed by atoms with E-state index in [1.807, 2.05) is 0 Å². The molecule has 0 saturated carbocycles. The van der Waals surface area contributed by atoms with Crippen LogP contribution in [0.2, 0.25) is 0 Å². The third-order valence-corrected chi connectivity index (χ3v) is 3.56. The molecule has 0 aromatic heterocycles. The summed E-state index contributed by atoms with van der Waals surface area (Å²) in [6.07, 6.45) is 2.04. The van der Waals surface area contributed by atoms with Gasteiger partial charge in [0.15, 0.2) is 0 Å². The van der Waals surface area contributed by atoms with Crippen LogP contribution in [0.4, 0.5) is 5.69 Å². The van der Waals surface area contributed by atoms with E-state index >= 15 is 0 Å². The van der Waals surface area contributed by atoms with Crippen molar-refractivity contribution in [1.82, 2.24) is 0 Å². The summed E-state index contributed by atoms with van der Waals surface area (Å²) in [6, 6.07) is 5.08. The number of nitrogens with two attached hydrogens (primary N) is 1. The Labute approximate surface area is 110 Å². The standard InChI is InChI=1S/C13H18BrNO2/c1-3-9(4-2)8-17-13(16)10-5-6-11(14)12(15)7-10/h5-7,9H,3-4,8,15H2,1-2H3. The molecular weight excluding hydrogens is 282 g/mol. The van der Waals surface area contributed by atoms with Crippen LogP contribution in [0.3, 0.4) is 0 Å². The van der Waals surface area contributed by atoms with Gasteiger partial charge in [-0.2, -0.15) is 0 Å². The molecule has 0 fully saturated rings. The number of hydrogen-bond donors (Lipinski definition) is 1. The van der Waals surface area contributed by atoms with Crippen LogP contribution in [0.15, 0.2) is 22.7 Å². The Kier molecular flexibility index (Phi) is 5.48. The fourth-order valence-electron chi connectivity index (χ4n) is 1.47. The third-order valence-electron chi connectivity index (χ3n) is 2.84. The zero-order chi connectivity index (χ0) is 12.8. The first-order chi connectivity index (χ1) is 8.08. The normalized spacial score (nSPS) is 10.6. The Morgan fingerprint density at radius 1 is 1.41 bits per heavy atom. The van der Waals surface area contributed by atoms with Crippen LogP contribution in [0.1, 0.15) is 37.0 Å². The second-order valence-electron chi connectivity index (χ2n) is 4.02. The second kappa shape index (κ2) is 6.64. The highest BCUT2D eigenvalue weighted by molar-refractivity contribution is 9.10. The lowest BCUT2D eigenvalue weighted by atomic mass is 10.1. The minimum absolute atomic E-state index is 0.309. The molecule has 0 aliphatic carbocycles. The average Bonchev–Trinajstić information content (AvgIpc) is 2.33. The Balaban J connectivity index is 2.61. The van der Waals surface area contributed by atoms with Crippen LogP contribution in [0, 0.1) is 5.92 Å². The van der Waals surface area contributed by atoms with Crippen molar-refractivity contribution < 1.29 is 9.53 Å². The predicted molar refractivity (Wildman–Crippen MR) is 72.9 cm³/mol. The molecular formula is C13H18BrNO2. The second-order valence-corrected chi connectivity index (χ2v) is 4.87. The van der Waals surface area contributed by atoms with Crippen LogP contribution in [0.5, 0.6) is 0 Å². The molecule has 0 saturated heterocycles. The van der Waals surface area contributed by atoms with Crippen molar-refractivity contribution in [2.24, 2.45) is 5.92 Å². The lowest BCUT2D eigenvalue weighted by molar-refractivity contribution is 0.0433. The van der Waals surface area contributed by atoms with Gasteiger partial charge in [-0.25, -0.2) is 4.79 Å². The number of anilines is 1. The number of halogens is 1. The number of carbonyl (C=O) groups is 1. The van der Waals surface area contributed by atoms with Gasteiger partial charge in [0.1, 0.15) is 0 Å². The van der Waals surface area contributed by atoms with E-state index in [0.29, 0.717) is 23.8 Å². The zero-order valence-corrected chi connectivity index (χ0v) is 11.8. The van der Waals surface area contributed by atoms with Gasteiger partial charge in [0.05, 0.1) is 12.2 Å². The molecule has 1 aromatic carbocycles. The number of carbonyl (C=O) groups excluding carboxylic acids is 1. The molecule has 0 atom stereocenters. The lowest BCUT2D eigenvalue weighted by Gasteiger charge is -2.12. The van der Waals surface area contributed by atoms with Gasteiger partial charge in [0.25, 0.3) is 0 Å². The summed E-state index contributed by atoms with van der Waals surface area (Å²) in [5, 5.41) is 0. The summed E-state index contributed by atoms with van der Waals surface area (Å²) in [5.74, 6) is 0.128. The van der Waals surface area contributed by atoms with Gasteiger partial charge in [-0.15, -0.1) is 0 Å². The van der Waals surface area contributed by atoms with Crippen LogP contribution >= 0.6 is 15.9 Å². The van der Waals surface area contributed by atoms with Gasteiger partial charge in [-0.3, -0.25) is 0 Å². The summed E-state index contributed by atoms with van der Waals surface area (Å²) < 4.78 is 6.04.